The van der Waals surface area contributed by atoms with Gasteiger partial charge in [-0.3, -0.25) is 9.69 Å². The van der Waals surface area contributed by atoms with Crippen molar-refractivity contribution in [3.05, 3.63) is 53.8 Å². The van der Waals surface area contributed by atoms with Crippen molar-refractivity contribution in [2.24, 2.45) is 0 Å². The molecule has 3 aromatic rings. The van der Waals surface area contributed by atoms with Crippen LogP contribution in [-0.4, -0.2) is 83.4 Å². The van der Waals surface area contributed by atoms with Crippen LogP contribution in [0.4, 0.5) is 9.52 Å². The summed E-state index contributed by atoms with van der Waals surface area (Å²) in [4.78, 5) is 19.6. The maximum Gasteiger partial charge on any atom is 0.260 e. The summed E-state index contributed by atoms with van der Waals surface area (Å²) >= 11 is 1.22. The van der Waals surface area contributed by atoms with Gasteiger partial charge in [0.05, 0.1) is 35.5 Å². The molecular weight excluding hydrogens is 521 g/mol. The first-order valence-corrected chi connectivity index (χ1v) is 14.2. The van der Waals surface area contributed by atoms with Crippen LogP contribution in [0.1, 0.15) is 23.2 Å². The molecule has 0 radical (unpaired) electrons. The summed E-state index contributed by atoms with van der Waals surface area (Å²) < 4.78 is 58.5. The highest BCUT2D eigenvalue weighted by Crippen LogP contribution is 2.32. The molecule has 1 amide bonds. The second-order valence-corrected chi connectivity index (χ2v) is 11.5. The number of fused-ring (bicyclic) bond motifs is 1. The van der Waals surface area contributed by atoms with Crippen LogP contribution in [0.5, 0.6) is 0 Å². The monoisotopic (exact) mass is 551 g/mol. The quantitative estimate of drug-likeness (QED) is 0.340. The molecular formula is C25H30FN3O6S2. The lowest BCUT2D eigenvalue weighted by Gasteiger charge is -2.24. The predicted octanol–water partition coefficient (Wildman–Crippen LogP) is 3.54. The molecule has 2 heterocycles. The van der Waals surface area contributed by atoms with E-state index >= 15 is 0 Å². The number of amides is 1. The number of anilines is 1. The Morgan fingerprint density at radius 2 is 1.84 bits per heavy atom. The number of aromatic nitrogens is 1. The van der Waals surface area contributed by atoms with Gasteiger partial charge in [0.15, 0.2) is 5.13 Å². The van der Waals surface area contributed by atoms with Crippen molar-refractivity contribution in [2.45, 2.75) is 23.8 Å². The van der Waals surface area contributed by atoms with Crippen LogP contribution in [0.25, 0.3) is 10.2 Å². The maximum absolute atomic E-state index is 14.3. The van der Waals surface area contributed by atoms with Crippen LogP contribution in [0.15, 0.2) is 47.4 Å². The van der Waals surface area contributed by atoms with E-state index in [-0.39, 0.29) is 60.8 Å². The third-order valence-electron chi connectivity index (χ3n) is 6.07. The summed E-state index contributed by atoms with van der Waals surface area (Å²) in [5.41, 5.74) is 0.498. The van der Waals surface area contributed by atoms with Gasteiger partial charge in [0, 0.05) is 39.5 Å². The summed E-state index contributed by atoms with van der Waals surface area (Å²) in [7, 11) is -0.817. The maximum atomic E-state index is 14.3. The van der Waals surface area contributed by atoms with Crippen molar-refractivity contribution >= 4 is 42.6 Å². The van der Waals surface area contributed by atoms with E-state index in [1.807, 2.05) is 0 Å². The highest BCUT2D eigenvalue weighted by atomic mass is 32.2. The van der Waals surface area contributed by atoms with E-state index in [2.05, 4.69) is 4.98 Å². The van der Waals surface area contributed by atoms with Crippen molar-refractivity contribution in [3.8, 4) is 0 Å². The molecule has 1 aromatic heterocycles. The summed E-state index contributed by atoms with van der Waals surface area (Å²) in [5.74, 6) is -0.819. The number of halogens is 1. The minimum Gasteiger partial charge on any atom is -0.383 e. The van der Waals surface area contributed by atoms with Gasteiger partial charge in [-0.05, 0) is 49.2 Å². The van der Waals surface area contributed by atoms with Gasteiger partial charge in [0.25, 0.3) is 5.91 Å². The topological polar surface area (TPSA) is 98.3 Å². The minimum atomic E-state index is -3.82. The second kappa shape index (κ2) is 12.4. The number of hydrogen-bond acceptors (Lipinski definition) is 8. The largest absolute Gasteiger partial charge is 0.383 e. The summed E-state index contributed by atoms with van der Waals surface area (Å²) in [6.07, 6.45) is 1.55. The van der Waals surface area contributed by atoms with Crippen molar-refractivity contribution in [1.82, 2.24) is 9.29 Å². The summed E-state index contributed by atoms with van der Waals surface area (Å²) in [6, 6.07) is 10.5. The molecule has 2 aromatic carbocycles. The lowest BCUT2D eigenvalue weighted by Crippen LogP contribution is -2.38. The second-order valence-electron chi connectivity index (χ2n) is 8.55. The lowest BCUT2D eigenvalue weighted by molar-refractivity contribution is 0.0917. The fraction of sp³-hybridized carbons (Fsp3) is 0.440. The van der Waals surface area contributed by atoms with Gasteiger partial charge in [-0.2, -0.15) is 4.31 Å². The van der Waals surface area contributed by atoms with Crippen molar-refractivity contribution < 1.29 is 31.8 Å². The van der Waals surface area contributed by atoms with Crippen LogP contribution in [0, 0.1) is 5.82 Å². The van der Waals surface area contributed by atoms with Crippen LogP contribution in [0.3, 0.4) is 0 Å². The van der Waals surface area contributed by atoms with E-state index < -0.39 is 15.8 Å². The Balaban J connectivity index is 1.61. The molecule has 1 saturated heterocycles. The van der Waals surface area contributed by atoms with Crippen LogP contribution in [0.2, 0.25) is 0 Å². The van der Waals surface area contributed by atoms with Gasteiger partial charge in [0.1, 0.15) is 11.3 Å². The van der Waals surface area contributed by atoms with Gasteiger partial charge >= 0.3 is 0 Å². The Morgan fingerprint density at radius 3 is 2.43 bits per heavy atom. The zero-order valence-electron chi connectivity index (χ0n) is 20.8. The minimum absolute atomic E-state index is 0.0593. The Bertz CT molecular complexity index is 1300. The molecule has 37 heavy (non-hydrogen) atoms. The fourth-order valence-electron chi connectivity index (χ4n) is 4.07. The number of nitrogens with zero attached hydrogens (tertiary/aromatic N) is 3. The first kappa shape index (κ1) is 27.6. The number of sulfonamides is 1. The Labute approximate surface area is 219 Å². The number of para-hydroxylation sites is 1. The molecule has 1 aliphatic rings. The van der Waals surface area contributed by atoms with E-state index in [0.717, 1.165) is 12.8 Å². The molecule has 12 heteroatoms. The van der Waals surface area contributed by atoms with Crippen LogP contribution >= 0.6 is 11.3 Å². The van der Waals surface area contributed by atoms with E-state index in [9.17, 15) is 17.6 Å². The van der Waals surface area contributed by atoms with Crippen molar-refractivity contribution in [1.29, 1.82) is 0 Å². The average Bonchev–Trinajstić information content (AvgIpc) is 3.57. The molecule has 0 saturated carbocycles. The summed E-state index contributed by atoms with van der Waals surface area (Å²) in [6.45, 7) is 1.71. The Kier molecular flexibility index (Phi) is 9.22. The number of hydrogen-bond donors (Lipinski definition) is 0. The molecule has 0 spiro atoms. The highest BCUT2D eigenvalue weighted by Gasteiger charge is 2.29. The van der Waals surface area contributed by atoms with Crippen LogP contribution in [-0.2, 0) is 24.2 Å². The number of ether oxygens (including phenoxy) is 3. The molecule has 9 nitrogen and oxygen atoms in total. The van der Waals surface area contributed by atoms with E-state index in [1.54, 1.807) is 12.1 Å². The molecule has 1 atom stereocenters. The molecule has 0 bridgehead atoms. The van der Waals surface area contributed by atoms with E-state index in [1.165, 1.54) is 65.1 Å². The molecule has 1 fully saturated rings. The average molecular weight is 552 g/mol. The third-order valence-corrected chi connectivity index (χ3v) is 9.03. The smallest absolute Gasteiger partial charge is 0.260 e. The molecule has 0 N–H and O–H groups in total. The highest BCUT2D eigenvalue weighted by molar-refractivity contribution is 7.89. The van der Waals surface area contributed by atoms with Gasteiger partial charge in [-0.1, -0.05) is 17.4 Å². The van der Waals surface area contributed by atoms with Gasteiger partial charge in [-0.15, -0.1) is 0 Å². The SMILES string of the molecule is COCCN(CCOC)S(=O)(=O)c1ccc(C(=O)N(CC2CCCO2)c2nc3c(F)cccc3s2)cc1. The zero-order chi connectivity index (χ0) is 26.4. The van der Waals surface area contributed by atoms with E-state index in [0.29, 0.717) is 16.4 Å². The molecule has 4 rings (SSSR count). The van der Waals surface area contributed by atoms with Crippen LogP contribution < -0.4 is 4.90 Å². The number of carbonyl (C=O) groups excluding carboxylic acids is 1. The molecule has 1 unspecified atom stereocenters. The third kappa shape index (κ3) is 6.33. The number of carbonyl (C=O) groups is 1. The zero-order valence-corrected chi connectivity index (χ0v) is 22.4. The van der Waals surface area contributed by atoms with Crippen molar-refractivity contribution in [2.75, 3.05) is 58.6 Å². The first-order valence-electron chi connectivity index (χ1n) is 11.9. The first-order chi connectivity index (χ1) is 17.8. The van der Waals surface area contributed by atoms with Gasteiger partial charge < -0.3 is 14.2 Å². The van der Waals surface area contributed by atoms with Crippen molar-refractivity contribution in [3.63, 3.8) is 0 Å². The normalized spacial score (nSPS) is 16.1. The standard InChI is InChI=1S/C25H30FN3O6S2/c1-33-15-12-28(13-16-34-2)37(31,32)20-10-8-18(9-11-20)24(30)29(17-19-5-4-14-35-19)25-27-23-21(26)6-3-7-22(23)36-25/h3,6-11,19H,4-5,12-17H2,1-2H3. The molecule has 200 valence electrons. The number of methoxy groups -OCH3 is 2. The number of rotatable bonds is 12. The Hall–Kier alpha value is -2.48. The number of benzene rings is 2. The number of thiazole rings is 1. The molecule has 0 aliphatic carbocycles. The van der Waals surface area contributed by atoms with E-state index in [4.69, 9.17) is 14.2 Å². The predicted molar refractivity (Wildman–Crippen MR) is 139 cm³/mol. The van der Waals surface area contributed by atoms with Gasteiger partial charge in [-0.25, -0.2) is 17.8 Å². The Morgan fingerprint density at radius 1 is 1.14 bits per heavy atom. The molecule has 1 aliphatic heterocycles. The lowest BCUT2D eigenvalue weighted by atomic mass is 10.2. The van der Waals surface area contributed by atoms with Gasteiger partial charge in [0.2, 0.25) is 10.0 Å². The summed E-state index contributed by atoms with van der Waals surface area (Å²) in [5, 5.41) is 0.364. The fourth-order valence-corrected chi connectivity index (χ4v) is 6.47.